The Hall–Kier alpha value is -1.36. The summed E-state index contributed by atoms with van der Waals surface area (Å²) in [7, 11) is 0. The molecular weight excluding hydrogens is 242 g/mol. The van der Waals surface area contributed by atoms with Crippen LogP contribution in [-0.4, -0.2) is 44.2 Å². The molecular formula is C14H23N3O2. The summed E-state index contributed by atoms with van der Waals surface area (Å²) < 4.78 is 2.08. The lowest BCUT2D eigenvalue weighted by atomic mass is 9.90. The van der Waals surface area contributed by atoms with Crippen molar-refractivity contribution in [2.45, 2.75) is 51.6 Å². The highest BCUT2D eigenvalue weighted by atomic mass is 16.4. The molecule has 0 aliphatic carbocycles. The minimum Gasteiger partial charge on any atom is -0.480 e. The molecule has 1 atom stereocenters. The number of rotatable bonds is 6. The van der Waals surface area contributed by atoms with E-state index in [0.29, 0.717) is 0 Å². The highest BCUT2D eigenvalue weighted by Crippen LogP contribution is 2.33. The summed E-state index contributed by atoms with van der Waals surface area (Å²) in [6.07, 6.45) is 7.15. The number of nitrogens with zero attached hydrogens (tertiary/aromatic N) is 3. The van der Waals surface area contributed by atoms with Crippen molar-refractivity contribution in [1.82, 2.24) is 14.5 Å². The van der Waals surface area contributed by atoms with Crippen LogP contribution < -0.4 is 0 Å². The van der Waals surface area contributed by atoms with Gasteiger partial charge in [0.15, 0.2) is 0 Å². The number of aromatic nitrogens is 2. The molecule has 2 rings (SSSR count). The molecule has 0 amide bonds. The van der Waals surface area contributed by atoms with Gasteiger partial charge < -0.3 is 9.67 Å². The zero-order valence-electron chi connectivity index (χ0n) is 11.8. The van der Waals surface area contributed by atoms with Gasteiger partial charge >= 0.3 is 5.97 Å². The average molecular weight is 265 g/mol. The molecule has 5 nitrogen and oxygen atoms in total. The number of carbonyl (C=O) groups is 1. The maximum Gasteiger partial charge on any atom is 0.324 e. The molecule has 0 spiro atoms. The Morgan fingerprint density at radius 1 is 1.53 bits per heavy atom. The van der Waals surface area contributed by atoms with Gasteiger partial charge in [0.2, 0.25) is 0 Å². The van der Waals surface area contributed by atoms with Crippen molar-refractivity contribution >= 4 is 5.97 Å². The molecule has 2 heterocycles. The Balaban J connectivity index is 2.05. The second-order valence-corrected chi connectivity index (χ2v) is 5.35. The van der Waals surface area contributed by atoms with Crippen LogP contribution in [0.1, 0.15) is 38.4 Å². The van der Waals surface area contributed by atoms with Crippen molar-refractivity contribution in [1.29, 1.82) is 0 Å². The maximum atomic E-state index is 11.7. The topological polar surface area (TPSA) is 58.4 Å². The van der Waals surface area contributed by atoms with Gasteiger partial charge in [-0.2, -0.15) is 0 Å². The zero-order valence-corrected chi connectivity index (χ0v) is 11.8. The summed E-state index contributed by atoms with van der Waals surface area (Å²) in [4.78, 5) is 18.0. The van der Waals surface area contributed by atoms with Gasteiger partial charge in [0.1, 0.15) is 11.4 Å². The number of aryl methyl sites for hydroxylation is 1. The molecule has 0 radical (unpaired) electrons. The molecule has 0 aromatic carbocycles. The molecule has 1 saturated heterocycles. The molecule has 1 unspecified atom stereocenters. The number of hydrogen-bond acceptors (Lipinski definition) is 3. The lowest BCUT2D eigenvalue weighted by Gasteiger charge is -2.34. The molecule has 1 aromatic heterocycles. The maximum absolute atomic E-state index is 11.7. The first-order chi connectivity index (χ1) is 9.10. The third-order valence-electron chi connectivity index (χ3n) is 4.22. The number of carboxylic acids is 1. The van der Waals surface area contributed by atoms with E-state index in [-0.39, 0.29) is 0 Å². The fourth-order valence-electron chi connectivity index (χ4n) is 3.17. The lowest BCUT2D eigenvalue weighted by molar-refractivity contribution is -0.150. The largest absolute Gasteiger partial charge is 0.480 e. The normalized spacial score (nSPS) is 23.9. The van der Waals surface area contributed by atoms with E-state index in [2.05, 4.69) is 21.4 Å². The summed E-state index contributed by atoms with van der Waals surface area (Å²) in [5.41, 5.74) is -0.636. The van der Waals surface area contributed by atoms with E-state index < -0.39 is 11.5 Å². The number of aliphatic carboxylic acids is 1. The Labute approximate surface area is 114 Å². The first kappa shape index (κ1) is 14.1. The molecule has 1 N–H and O–H groups in total. The van der Waals surface area contributed by atoms with E-state index in [1.807, 2.05) is 13.1 Å². The Kier molecular flexibility index (Phi) is 4.24. The lowest BCUT2D eigenvalue weighted by Crippen LogP contribution is -2.51. The van der Waals surface area contributed by atoms with Gasteiger partial charge in [-0.1, -0.05) is 13.3 Å². The smallest absolute Gasteiger partial charge is 0.324 e. The first-order valence-electron chi connectivity index (χ1n) is 7.06. The third-order valence-corrected chi connectivity index (χ3v) is 4.22. The highest BCUT2D eigenvalue weighted by molar-refractivity contribution is 5.79. The van der Waals surface area contributed by atoms with Crippen LogP contribution >= 0.6 is 0 Å². The van der Waals surface area contributed by atoms with E-state index >= 15 is 0 Å². The Morgan fingerprint density at radius 3 is 2.89 bits per heavy atom. The molecule has 106 valence electrons. The van der Waals surface area contributed by atoms with E-state index in [4.69, 9.17) is 0 Å². The molecule has 1 fully saturated rings. The van der Waals surface area contributed by atoms with Gasteiger partial charge in [-0.15, -0.1) is 0 Å². The van der Waals surface area contributed by atoms with Crippen LogP contribution in [0.25, 0.3) is 0 Å². The molecule has 0 bridgehead atoms. The molecule has 1 aliphatic rings. The summed E-state index contributed by atoms with van der Waals surface area (Å²) in [6.45, 7) is 6.51. The summed E-state index contributed by atoms with van der Waals surface area (Å²) in [5.74, 6) is 0.324. The minimum atomic E-state index is -0.658. The van der Waals surface area contributed by atoms with E-state index in [9.17, 15) is 9.90 Å². The van der Waals surface area contributed by atoms with Crippen molar-refractivity contribution in [3.63, 3.8) is 0 Å². The SMILES string of the molecule is CCCC1(C(=O)O)CCCN1CCn1ccnc1C. The van der Waals surface area contributed by atoms with Gasteiger partial charge in [0.25, 0.3) is 0 Å². The van der Waals surface area contributed by atoms with Crippen LogP contribution in [0.15, 0.2) is 12.4 Å². The average Bonchev–Trinajstić information content (AvgIpc) is 2.95. The van der Waals surface area contributed by atoms with Crippen molar-refractivity contribution < 1.29 is 9.90 Å². The van der Waals surface area contributed by atoms with Gasteiger partial charge in [-0.05, 0) is 32.7 Å². The van der Waals surface area contributed by atoms with Gasteiger partial charge in [-0.25, -0.2) is 4.98 Å². The fraction of sp³-hybridized carbons (Fsp3) is 0.714. The molecule has 1 aromatic rings. The van der Waals surface area contributed by atoms with E-state index in [1.165, 1.54) is 0 Å². The number of imidazole rings is 1. The minimum absolute atomic E-state index is 0.636. The van der Waals surface area contributed by atoms with Crippen LogP contribution in [0.5, 0.6) is 0 Å². The van der Waals surface area contributed by atoms with Crippen LogP contribution in [0.3, 0.4) is 0 Å². The number of carboxylic acid groups (broad SMARTS) is 1. The first-order valence-corrected chi connectivity index (χ1v) is 7.06. The third kappa shape index (κ3) is 2.66. The van der Waals surface area contributed by atoms with Gasteiger partial charge in [0.05, 0.1) is 0 Å². The Bertz CT molecular complexity index is 444. The van der Waals surface area contributed by atoms with E-state index in [1.54, 1.807) is 6.20 Å². The predicted molar refractivity (Wildman–Crippen MR) is 73.0 cm³/mol. The van der Waals surface area contributed by atoms with Crippen molar-refractivity contribution in [2.75, 3.05) is 13.1 Å². The molecule has 0 saturated carbocycles. The second kappa shape index (κ2) is 5.74. The highest BCUT2D eigenvalue weighted by Gasteiger charge is 2.46. The number of likely N-dealkylation sites (tertiary alicyclic amines) is 1. The van der Waals surface area contributed by atoms with Crippen LogP contribution in [0.2, 0.25) is 0 Å². The Morgan fingerprint density at radius 2 is 2.32 bits per heavy atom. The summed E-state index contributed by atoms with van der Waals surface area (Å²) >= 11 is 0. The van der Waals surface area contributed by atoms with Crippen LogP contribution in [0.4, 0.5) is 0 Å². The quantitative estimate of drug-likeness (QED) is 0.853. The van der Waals surface area contributed by atoms with E-state index in [0.717, 1.165) is 51.1 Å². The standard InChI is InChI=1S/C14H23N3O2/c1-3-5-14(13(18)19)6-4-8-17(14)11-10-16-9-7-15-12(16)2/h7,9H,3-6,8,10-11H2,1-2H3,(H,18,19). The van der Waals surface area contributed by atoms with Crippen molar-refractivity contribution in [3.8, 4) is 0 Å². The van der Waals surface area contributed by atoms with Crippen LogP contribution in [-0.2, 0) is 11.3 Å². The molecule has 5 heteroatoms. The predicted octanol–water partition coefficient (Wildman–Crippen LogP) is 1.91. The molecule has 19 heavy (non-hydrogen) atoms. The second-order valence-electron chi connectivity index (χ2n) is 5.35. The van der Waals surface area contributed by atoms with Crippen molar-refractivity contribution in [2.24, 2.45) is 0 Å². The monoisotopic (exact) mass is 265 g/mol. The van der Waals surface area contributed by atoms with Crippen molar-refractivity contribution in [3.05, 3.63) is 18.2 Å². The fourth-order valence-corrected chi connectivity index (χ4v) is 3.17. The molecule has 1 aliphatic heterocycles. The van der Waals surface area contributed by atoms with Gasteiger partial charge in [-0.3, -0.25) is 9.69 Å². The number of hydrogen-bond donors (Lipinski definition) is 1. The summed E-state index contributed by atoms with van der Waals surface area (Å²) in [5, 5.41) is 9.62. The van der Waals surface area contributed by atoms with Gasteiger partial charge in [0, 0.05) is 25.5 Å². The summed E-state index contributed by atoms with van der Waals surface area (Å²) in [6, 6.07) is 0. The zero-order chi connectivity index (χ0) is 13.9. The van der Waals surface area contributed by atoms with Crippen LogP contribution in [0, 0.1) is 6.92 Å².